The lowest BCUT2D eigenvalue weighted by atomic mass is 10.2. The molecule has 2 aromatic rings. The van der Waals surface area contributed by atoms with E-state index < -0.39 is 0 Å². The smallest absolute Gasteiger partial charge is 0.176 e. The Bertz CT molecular complexity index is 513. The van der Waals surface area contributed by atoms with Gasteiger partial charge in [0.2, 0.25) is 0 Å². The molecule has 72 valence electrons. The SMILES string of the molecule is CC(=O)c1cc2cc(Cl)ccc2n1C. The third-order valence-corrected chi connectivity index (χ3v) is 2.60. The molecule has 3 heteroatoms. The molecule has 0 atom stereocenters. The molecule has 1 aromatic carbocycles. The molecule has 0 saturated heterocycles. The number of carbonyl (C=O) groups excluding carboxylic acids is 1. The van der Waals surface area contributed by atoms with Gasteiger partial charge in [0.1, 0.15) is 0 Å². The first kappa shape index (κ1) is 9.28. The lowest BCUT2D eigenvalue weighted by molar-refractivity contribution is 0.101. The summed E-state index contributed by atoms with van der Waals surface area (Å²) in [7, 11) is 1.88. The molecule has 0 spiro atoms. The number of hydrogen-bond donors (Lipinski definition) is 0. The summed E-state index contributed by atoms with van der Waals surface area (Å²) in [5, 5.41) is 1.70. The molecule has 2 rings (SSSR count). The van der Waals surface area contributed by atoms with Crippen LogP contribution in [0.2, 0.25) is 5.02 Å². The molecule has 0 amide bonds. The van der Waals surface area contributed by atoms with Gasteiger partial charge in [0.25, 0.3) is 0 Å². The van der Waals surface area contributed by atoms with Gasteiger partial charge in [0, 0.05) is 29.9 Å². The van der Waals surface area contributed by atoms with Crippen molar-refractivity contribution >= 4 is 28.3 Å². The van der Waals surface area contributed by atoms with Crippen molar-refractivity contribution in [3.05, 3.63) is 35.0 Å². The highest BCUT2D eigenvalue weighted by Crippen LogP contribution is 2.22. The second kappa shape index (κ2) is 3.14. The molecule has 0 saturated carbocycles. The van der Waals surface area contributed by atoms with E-state index in [0.29, 0.717) is 10.7 Å². The molecule has 14 heavy (non-hydrogen) atoms. The molecule has 0 unspecified atom stereocenters. The van der Waals surface area contributed by atoms with Crippen LogP contribution in [0.5, 0.6) is 0 Å². The maximum absolute atomic E-state index is 11.3. The average molecular weight is 208 g/mol. The Morgan fingerprint density at radius 1 is 1.36 bits per heavy atom. The minimum atomic E-state index is 0.0693. The zero-order valence-corrected chi connectivity index (χ0v) is 8.80. The summed E-state index contributed by atoms with van der Waals surface area (Å²) < 4.78 is 1.88. The van der Waals surface area contributed by atoms with Gasteiger partial charge in [-0.2, -0.15) is 0 Å². The fraction of sp³-hybridized carbons (Fsp3) is 0.182. The summed E-state index contributed by atoms with van der Waals surface area (Å²) in [5.74, 6) is 0.0693. The molecule has 2 nitrogen and oxygen atoms in total. The van der Waals surface area contributed by atoms with Gasteiger partial charge in [-0.05, 0) is 24.3 Å². The molecule has 0 N–H and O–H groups in total. The van der Waals surface area contributed by atoms with E-state index in [-0.39, 0.29) is 5.78 Å². The minimum Gasteiger partial charge on any atom is -0.341 e. The Labute approximate surface area is 87.1 Å². The van der Waals surface area contributed by atoms with Crippen molar-refractivity contribution in [1.29, 1.82) is 0 Å². The van der Waals surface area contributed by atoms with Gasteiger partial charge in [0.05, 0.1) is 5.69 Å². The molecule has 0 fully saturated rings. The van der Waals surface area contributed by atoms with Crippen LogP contribution in [0.25, 0.3) is 10.9 Å². The summed E-state index contributed by atoms with van der Waals surface area (Å²) in [5.41, 5.74) is 1.74. The molecular formula is C11H10ClNO. The first-order valence-corrected chi connectivity index (χ1v) is 4.73. The van der Waals surface area contributed by atoms with Crippen molar-refractivity contribution in [2.75, 3.05) is 0 Å². The monoisotopic (exact) mass is 207 g/mol. The van der Waals surface area contributed by atoms with E-state index in [9.17, 15) is 4.79 Å². The maximum Gasteiger partial charge on any atom is 0.176 e. The quantitative estimate of drug-likeness (QED) is 0.659. The van der Waals surface area contributed by atoms with Crippen LogP contribution in [-0.4, -0.2) is 10.4 Å². The molecule has 0 bridgehead atoms. The fourth-order valence-electron chi connectivity index (χ4n) is 1.66. The molecule has 0 aliphatic rings. The Balaban J connectivity index is 2.79. The number of aromatic nitrogens is 1. The highest BCUT2D eigenvalue weighted by Gasteiger charge is 2.08. The summed E-state index contributed by atoms with van der Waals surface area (Å²) in [6.45, 7) is 1.57. The van der Waals surface area contributed by atoms with Crippen LogP contribution in [0, 0.1) is 0 Å². The predicted octanol–water partition coefficient (Wildman–Crippen LogP) is 3.03. The summed E-state index contributed by atoms with van der Waals surface area (Å²) in [4.78, 5) is 11.3. The van der Waals surface area contributed by atoms with Gasteiger partial charge in [-0.3, -0.25) is 4.79 Å². The van der Waals surface area contributed by atoms with E-state index >= 15 is 0 Å². The van der Waals surface area contributed by atoms with Crippen LogP contribution in [-0.2, 0) is 7.05 Å². The summed E-state index contributed by atoms with van der Waals surface area (Å²) in [6.07, 6.45) is 0. The van der Waals surface area contributed by atoms with Gasteiger partial charge in [-0.1, -0.05) is 11.6 Å². The number of Topliss-reactive ketones (excluding diaryl/α,β-unsaturated/α-hetero) is 1. The van der Waals surface area contributed by atoms with Crippen molar-refractivity contribution in [2.24, 2.45) is 7.05 Å². The van der Waals surface area contributed by atoms with Crippen LogP contribution in [0.1, 0.15) is 17.4 Å². The van der Waals surface area contributed by atoms with E-state index in [0.717, 1.165) is 10.9 Å². The van der Waals surface area contributed by atoms with Crippen molar-refractivity contribution in [3.63, 3.8) is 0 Å². The Hall–Kier alpha value is -1.28. The second-order valence-electron chi connectivity index (χ2n) is 3.35. The lowest BCUT2D eigenvalue weighted by Crippen LogP contribution is -2.00. The first-order valence-electron chi connectivity index (χ1n) is 4.35. The van der Waals surface area contributed by atoms with Crippen LogP contribution in [0.15, 0.2) is 24.3 Å². The Kier molecular flexibility index (Phi) is 2.08. The lowest BCUT2D eigenvalue weighted by Gasteiger charge is -1.99. The number of halogens is 1. The van der Waals surface area contributed by atoms with E-state index in [2.05, 4.69) is 0 Å². The van der Waals surface area contributed by atoms with Crippen LogP contribution in [0.4, 0.5) is 0 Å². The van der Waals surface area contributed by atoms with Crippen molar-refractivity contribution < 1.29 is 4.79 Å². The number of hydrogen-bond acceptors (Lipinski definition) is 1. The number of nitrogens with zero attached hydrogens (tertiary/aromatic N) is 1. The zero-order chi connectivity index (χ0) is 10.3. The third kappa shape index (κ3) is 1.32. The topological polar surface area (TPSA) is 22.0 Å². The highest BCUT2D eigenvalue weighted by atomic mass is 35.5. The van der Waals surface area contributed by atoms with Crippen molar-refractivity contribution in [3.8, 4) is 0 Å². The number of benzene rings is 1. The maximum atomic E-state index is 11.3. The van der Waals surface area contributed by atoms with Gasteiger partial charge < -0.3 is 4.57 Å². The molecule has 0 aliphatic heterocycles. The number of ketones is 1. The van der Waals surface area contributed by atoms with Crippen molar-refractivity contribution in [2.45, 2.75) is 6.92 Å². The zero-order valence-electron chi connectivity index (χ0n) is 8.04. The normalized spacial score (nSPS) is 10.8. The van der Waals surface area contributed by atoms with E-state index in [1.807, 2.05) is 35.9 Å². The third-order valence-electron chi connectivity index (χ3n) is 2.37. The summed E-state index contributed by atoms with van der Waals surface area (Å²) in [6, 6.07) is 7.48. The minimum absolute atomic E-state index is 0.0693. The molecular weight excluding hydrogens is 198 g/mol. The first-order chi connectivity index (χ1) is 6.59. The van der Waals surface area contributed by atoms with Crippen LogP contribution >= 0.6 is 11.6 Å². The number of carbonyl (C=O) groups is 1. The van der Waals surface area contributed by atoms with Crippen LogP contribution < -0.4 is 0 Å². The van der Waals surface area contributed by atoms with E-state index in [4.69, 9.17) is 11.6 Å². The molecule has 1 aromatic heterocycles. The van der Waals surface area contributed by atoms with Gasteiger partial charge in [-0.25, -0.2) is 0 Å². The van der Waals surface area contributed by atoms with Gasteiger partial charge in [-0.15, -0.1) is 0 Å². The number of rotatable bonds is 1. The largest absolute Gasteiger partial charge is 0.341 e. The predicted molar refractivity (Wildman–Crippen MR) is 57.9 cm³/mol. The van der Waals surface area contributed by atoms with Gasteiger partial charge >= 0.3 is 0 Å². The molecule has 1 heterocycles. The van der Waals surface area contributed by atoms with Crippen molar-refractivity contribution in [1.82, 2.24) is 4.57 Å². The van der Waals surface area contributed by atoms with E-state index in [1.54, 1.807) is 6.92 Å². The standard InChI is InChI=1S/C11H10ClNO/c1-7(14)11-6-8-5-9(12)3-4-10(8)13(11)2/h3-6H,1-2H3. The second-order valence-corrected chi connectivity index (χ2v) is 3.78. The molecule has 0 aliphatic carbocycles. The Morgan fingerprint density at radius 3 is 2.71 bits per heavy atom. The molecule has 0 radical (unpaired) electrons. The number of fused-ring (bicyclic) bond motifs is 1. The van der Waals surface area contributed by atoms with E-state index in [1.165, 1.54) is 0 Å². The average Bonchev–Trinajstić information content (AvgIpc) is 2.43. The fourth-order valence-corrected chi connectivity index (χ4v) is 1.84. The number of aryl methyl sites for hydroxylation is 1. The summed E-state index contributed by atoms with van der Waals surface area (Å²) >= 11 is 5.87. The van der Waals surface area contributed by atoms with Gasteiger partial charge in [0.15, 0.2) is 5.78 Å². The Morgan fingerprint density at radius 2 is 2.07 bits per heavy atom. The highest BCUT2D eigenvalue weighted by molar-refractivity contribution is 6.31. The van der Waals surface area contributed by atoms with Crippen LogP contribution in [0.3, 0.4) is 0 Å².